The van der Waals surface area contributed by atoms with Gasteiger partial charge in [-0.1, -0.05) is 29.5 Å². The summed E-state index contributed by atoms with van der Waals surface area (Å²) in [5, 5.41) is 1.21. The summed E-state index contributed by atoms with van der Waals surface area (Å²) in [6, 6.07) is 15.1. The fraction of sp³-hybridized carbons (Fsp3) is 0.318. The van der Waals surface area contributed by atoms with Crippen molar-refractivity contribution in [1.82, 2.24) is 0 Å². The van der Waals surface area contributed by atoms with Crippen LogP contribution in [0.3, 0.4) is 0 Å². The molecule has 1 aliphatic rings. The van der Waals surface area contributed by atoms with Gasteiger partial charge < -0.3 is 33.6 Å². The normalized spacial score (nSPS) is 14.5. The largest absolute Gasteiger partial charge is 1.00 e. The molecule has 0 N–H and O–H groups in total. The van der Waals surface area contributed by atoms with Crippen LogP contribution in [0.15, 0.2) is 42.5 Å². The Morgan fingerprint density at radius 2 is 1.74 bits per heavy atom. The molecular weight excluding hydrogens is 467 g/mol. The highest BCUT2D eigenvalue weighted by atomic mass is 127. The van der Waals surface area contributed by atoms with Crippen LogP contribution in [-0.2, 0) is 7.05 Å². The third-order valence-corrected chi connectivity index (χ3v) is 6.34. The van der Waals surface area contributed by atoms with Gasteiger partial charge in [0.1, 0.15) is 17.5 Å². The zero-order chi connectivity index (χ0) is 17.9. The lowest BCUT2D eigenvalue weighted by molar-refractivity contribution is -0.642. The molecule has 5 heteroatoms. The Hall–Kier alpha value is -1.60. The summed E-state index contributed by atoms with van der Waals surface area (Å²) in [4.78, 5) is 2.50. The molecule has 3 nitrogen and oxygen atoms in total. The van der Waals surface area contributed by atoms with Crippen molar-refractivity contribution in [2.75, 3.05) is 25.1 Å². The maximum absolute atomic E-state index is 5.50. The maximum Gasteiger partial charge on any atom is 0.262 e. The van der Waals surface area contributed by atoms with E-state index < -0.39 is 0 Å². The molecule has 142 valence electrons. The van der Waals surface area contributed by atoms with Crippen LogP contribution in [0.1, 0.15) is 29.8 Å². The van der Waals surface area contributed by atoms with Crippen molar-refractivity contribution in [2.24, 2.45) is 7.05 Å². The topological polar surface area (TPSA) is 16.4 Å². The van der Waals surface area contributed by atoms with E-state index in [1.54, 1.807) is 18.4 Å². The number of rotatable bonds is 4. The summed E-state index contributed by atoms with van der Waals surface area (Å²) in [5.41, 5.74) is 3.78. The molecule has 1 aliphatic heterocycles. The van der Waals surface area contributed by atoms with E-state index in [4.69, 9.17) is 4.74 Å². The van der Waals surface area contributed by atoms with Gasteiger partial charge in [-0.2, -0.15) is 4.57 Å². The maximum atomic E-state index is 5.50. The molecule has 0 bridgehead atoms. The molecular formula is C22H25IN2OS. The summed E-state index contributed by atoms with van der Waals surface area (Å²) < 4.78 is 8.91. The smallest absolute Gasteiger partial charge is 0.262 e. The van der Waals surface area contributed by atoms with Crippen molar-refractivity contribution < 1.29 is 33.3 Å². The van der Waals surface area contributed by atoms with Crippen LogP contribution in [-0.4, -0.2) is 20.2 Å². The summed E-state index contributed by atoms with van der Waals surface area (Å²) in [5.74, 6) is 0.939. The van der Waals surface area contributed by atoms with Gasteiger partial charge in [0.15, 0.2) is 0 Å². The Bertz CT molecular complexity index is 927. The Morgan fingerprint density at radius 3 is 2.44 bits per heavy atom. The van der Waals surface area contributed by atoms with E-state index in [9.17, 15) is 0 Å². The number of benzene rings is 2. The average molecular weight is 492 g/mol. The van der Waals surface area contributed by atoms with Crippen LogP contribution in [0.2, 0.25) is 0 Å². The summed E-state index contributed by atoms with van der Waals surface area (Å²) in [6.07, 6.45) is 8.38. The Balaban J connectivity index is 0.00000210. The Kier molecular flexibility index (Phi) is 6.76. The standard InChI is InChI=1S/C22H25N2OS.HI/c1-23-19-7-6-8-20(25-2)22(19)26-21(23)14-11-17-9-12-18(13-10-17)24-15-4-3-5-16-24;/h6-14H,3-5,15-16H2,1-2H3;1H/q+1;/p-1. The molecule has 2 heterocycles. The lowest BCUT2D eigenvalue weighted by atomic mass is 10.1. The number of fused-ring (bicyclic) bond motifs is 1. The van der Waals surface area contributed by atoms with Crippen molar-refractivity contribution in [3.8, 4) is 5.75 Å². The number of ether oxygens (including phenoxy) is 1. The fourth-order valence-corrected chi connectivity index (χ4v) is 4.73. The molecule has 1 fully saturated rings. The zero-order valence-electron chi connectivity index (χ0n) is 15.8. The number of methoxy groups -OCH3 is 1. The van der Waals surface area contributed by atoms with Crippen LogP contribution in [0.5, 0.6) is 5.75 Å². The third kappa shape index (κ3) is 4.29. The molecule has 0 radical (unpaired) electrons. The second kappa shape index (κ2) is 9.06. The summed E-state index contributed by atoms with van der Waals surface area (Å²) in [7, 11) is 3.84. The van der Waals surface area contributed by atoms with Crippen molar-refractivity contribution in [3.63, 3.8) is 0 Å². The van der Waals surface area contributed by atoms with Gasteiger partial charge in [-0.25, -0.2) is 0 Å². The quantitative estimate of drug-likeness (QED) is 0.409. The number of nitrogens with zero attached hydrogens (tertiary/aromatic N) is 2. The minimum Gasteiger partial charge on any atom is -1.00 e. The highest BCUT2D eigenvalue weighted by molar-refractivity contribution is 7.19. The molecule has 1 saturated heterocycles. The number of hydrogen-bond donors (Lipinski definition) is 0. The Morgan fingerprint density at radius 1 is 1.00 bits per heavy atom. The van der Waals surface area contributed by atoms with Crippen LogP contribution >= 0.6 is 11.3 Å². The second-order valence-electron chi connectivity index (χ2n) is 6.78. The van der Waals surface area contributed by atoms with Crippen molar-refractivity contribution >= 4 is 39.4 Å². The fourth-order valence-electron chi connectivity index (χ4n) is 3.59. The number of halogens is 1. The third-order valence-electron chi connectivity index (χ3n) is 5.11. The molecule has 1 aromatic heterocycles. The minimum absolute atomic E-state index is 0. The predicted octanol–water partition coefficient (Wildman–Crippen LogP) is 1.90. The minimum atomic E-state index is 0. The van der Waals surface area contributed by atoms with Crippen LogP contribution < -0.4 is 38.2 Å². The van der Waals surface area contributed by atoms with E-state index in [1.165, 1.54) is 58.8 Å². The number of piperidine rings is 1. The number of anilines is 1. The van der Waals surface area contributed by atoms with Crippen molar-refractivity contribution in [1.29, 1.82) is 0 Å². The molecule has 0 aliphatic carbocycles. The lowest BCUT2D eigenvalue weighted by Gasteiger charge is -2.28. The number of aromatic nitrogens is 1. The molecule has 27 heavy (non-hydrogen) atoms. The molecule has 0 amide bonds. The summed E-state index contributed by atoms with van der Waals surface area (Å²) >= 11 is 1.76. The molecule has 0 spiro atoms. The molecule has 3 aromatic rings. The first-order valence-corrected chi connectivity index (χ1v) is 10.1. The van der Waals surface area contributed by atoms with E-state index in [0.29, 0.717) is 0 Å². The van der Waals surface area contributed by atoms with E-state index in [1.807, 2.05) is 12.1 Å². The van der Waals surface area contributed by atoms with Crippen LogP contribution in [0.25, 0.3) is 22.4 Å². The van der Waals surface area contributed by atoms with Gasteiger partial charge in [-0.3, -0.25) is 0 Å². The van der Waals surface area contributed by atoms with Gasteiger partial charge in [-0.05, 0) is 49.1 Å². The van der Waals surface area contributed by atoms with Crippen molar-refractivity contribution in [3.05, 3.63) is 53.0 Å². The van der Waals surface area contributed by atoms with Gasteiger partial charge in [-0.15, -0.1) is 0 Å². The van der Waals surface area contributed by atoms with Gasteiger partial charge >= 0.3 is 0 Å². The highest BCUT2D eigenvalue weighted by Crippen LogP contribution is 2.30. The average Bonchev–Trinajstić information content (AvgIpc) is 3.03. The summed E-state index contributed by atoms with van der Waals surface area (Å²) in [6.45, 7) is 2.38. The van der Waals surface area contributed by atoms with Gasteiger partial charge in [0.2, 0.25) is 5.52 Å². The monoisotopic (exact) mass is 492 g/mol. The molecule has 0 unspecified atom stereocenters. The van der Waals surface area contributed by atoms with Gasteiger partial charge in [0.05, 0.1) is 7.11 Å². The van der Waals surface area contributed by atoms with Gasteiger partial charge in [0, 0.05) is 30.9 Å². The first-order valence-electron chi connectivity index (χ1n) is 9.25. The number of aryl methyl sites for hydroxylation is 1. The molecule has 2 aromatic carbocycles. The van der Waals surface area contributed by atoms with E-state index in [2.05, 4.69) is 59.0 Å². The van der Waals surface area contributed by atoms with E-state index in [0.717, 1.165) is 5.75 Å². The molecule has 0 atom stereocenters. The lowest BCUT2D eigenvalue weighted by Crippen LogP contribution is -3.00. The van der Waals surface area contributed by atoms with E-state index >= 15 is 0 Å². The highest BCUT2D eigenvalue weighted by Gasteiger charge is 2.17. The zero-order valence-corrected chi connectivity index (χ0v) is 18.8. The van der Waals surface area contributed by atoms with Crippen LogP contribution in [0.4, 0.5) is 5.69 Å². The number of thiazole rings is 1. The van der Waals surface area contributed by atoms with Gasteiger partial charge in [0.25, 0.3) is 5.01 Å². The first-order chi connectivity index (χ1) is 12.8. The molecule has 0 saturated carbocycles. The molecule has 4 rings (SSSR count). The predicted molar refractivity (Wildman–Crippen MR) is 111 cm³/mol. The number of hydrogen-bond acceptors (Lipinski definition) is 3. The van der Waals surface area contributed by atoms with Crippen LogP contribution in [0, 0.1) is 0 Å². The van der Waals surface area contributed by atoms with E-state index in [-0.39, 0.29) is 24.0 Å². The Labute approximate surface area is 182 Å². The van der Waals surface area contributed by atoms with Crippen molar-refractivity contribution in [2.45, 2.75) is 19.3 Å². The second-order valence-corrected chi connectivity index (χ2v) is 7.81. The first kappa shape index (κ1) is 20.1. The SMILES string of the molecule is COc1cccc2c1sc(C=Cc1ccc(N3CCCCC3)cc1)[n+]2C.[I-].